The van der Waals surface area contributed by atoms with Crippen LogP contribution in [-0.4, -0.2) is 75.8 Å². The Morgan fingerprint density at radius 1 is 0.383 bits per heavy atom. The minimum Gasteiger partial charge on any atom is -0.489 e. The molecule has 17 rings (SSSR count). The van der Waals surface area contributed by atoms with Crippen molar-refractivity contribution in [2.75, 3.05) is 6.61 Å². The molecule has 2 atom stereocenters. The fourth-order valence-electron chi connectivity index (χ4n) is 13.6. The Hall–Kier alpha value is -16.0. The van der Waals surface area contributed by atoms with E-state index < -0.39 is 30.6 Å². The quantitative estimate of drug-likeness (QED) is 0.0338. The second-order valence-corrected chi connectivity index (χ2v) is 30.0. The van der Waals surface area contributed by atoms with Gasteiger partial charge < -0.3 is 52.8 Å². The summed E-state index contributed by atoms with van der Waals surface area (Å²) in [5, 5.41) is 29.3. The van der Waals surface area contributed by atoms with Crippen molar-refractivity contribution in [1.82, 2.24) is 35.1 Å². The van der Waals surface area contributed by atoms with Gasteiger partial charge in [-0.25, -0.2) is 29.7 Å². The summed E-state index contributed by atoms with van der Waals surface area (Å²) in [5.74, 6) is 4.61. The number of Topliss-reactive ketones (excluding diaryl/α,β-unsaturated/α-hetero) is 1. The summed E-state index contributed by atoms with van der Waals surface area (Å²) in [6.07, 6.45) is 6.66. The van der Waals surface area contributed by atoms with Gasteiger partial charge in [0.05, 0.1) is 50.8 Å². The standard InChI is InChI=1S/C28H25NO3.C27H25NO3.C26H22N4O3.C26H23NO5/c1-20(30)21(2)32-28-10-6-4-8-24(28)19-31-26-17-12-22(13-18-26)11-15-25-16-14-23-7-3-5-9-27(23)29-25;1-19(27(29)30)25-8-4-2-6-21(25)13-10-20-11-16-24(17-12-20)31-18-23-15-14-22-7-3-5-9-26(22)28-23;1-2-10-25-20(6-1)11-12-21(29-25)16-32-24-9-4-8-23(14-24)31-15-19-5-3-7-22(13-19)33-17-26-27-18-28-30-26;1-18-6-4-8-20(26(18)32-17-25(28)29)15-30-22-9-5-10-23(14-22)31-16-21-13-12-19-7-2-3-11-24(19)27-21/h3-18,21H,19H2,1-2H3;2-9,11-12,14-17,19H,10,13,18H2,1H3,(H,29,30);1-14,18H,15-17H2,(H,27,28,30);2-14H,15-17H2,1H3,(H,28,29)/b15-11+;;;. The second kappa shape index (κ2) is 44.9. The maximum Gasteiger partial charge on any atom is 0.341 e. The Kier molecular flexibility index (Phi) is 30.9. The topological polar surface area (TPSA) is 268 Å². The summed E-state index contributed by atoms with van der Waals surface area (Å²) < 4.78 is 52.6. The number of benzene rings is 12. The summed E-state index contributed by atoms with van der Waals surface area (Å²) in [5.41, 5.74) is 15.1. The summed E-state index contributed by atoms with van der Waals surface area (Å²) in [4.78, 5) is 56.4. The number of aryl methyl sites for hydroxylation is 3. The number of hydrogen-bond acceptors (Lipinski definition) is 18. The van der Waals surface area contributed by atoms with Gasteiger partial charge in [-0.2, -0.15) is 5.10 Å². The molecule has 0 spiro atoms. The molecule has 5 heterocycles. The highest BCUT2D eigenvalue weighted by molar-refractivity contribution is 5.83. The number of rotatable bonds is 34. The van der Waals surface area contributed by atoms with Crippen LogP contribution >= 0.6 is 0 Å². The number of ketones is 1. The molecule has 2 unspecified atom stereocenters. The number of carboxylic acid groups (broad SMARTS) is 2. The van der Waals surface area contributed by atoms with Gasteiger partial charge in [-0.1, -0.05) is 212 Å². The second-order valence-electron chi connectivity index (χ2n) is 30.0. The van der Waals surface area contributed by atoms with Crippen molar-refractivity contribution < 1.29 is 67.2 Å². The van der Waals surface area contributed by atoms with Crippen LogP contribution in [0.3, 0.4) is 0 Å². The van der Waals surface area contributed by atoms with Gasteiger partial charge >= 0.3 is 11.9 Å². The van der Waals surface area contributed by atoms with Crippen molar-refractivity contribution in [3.63, 3.8) is 0 Å². The maximum absolute atomic E-state index is 11.5. The Morgan fingerprint density at radius 3 is 1.39 bits per heavy atom. The van der Waals surface area contributed by atoms with Gasteiger partial charge in [-0.15, -0.1) is 0 Å². The molecule has 3 N–H and O–H groups in total. The molecule has 128 heavy (non-hydrogen) atoms. The van der Waals surface area contributed by atoms with Crippen LogP contribution in [-0.2, 0) is 73.5 Å². The molecule has 0 radical (unpaired) electrons. The molecule has 0 amide bonds. The SMILES string of the molecule is CC(=O)C(C)Oc1ccccc1COc1ccc(/C=C/c2ccc3ccccc3n2)cc1.CC(C(=O)O)c1ccccc1CCc1ccc(OCc2ccc3ccccc3n2)cc1.Cc1cccc(COc2cccc(OCc3ccc4ccccc4n3)c2)c1OCC(=O)O.c1cc(OCc2cccc(OCc3ncn[nH]3)c2)cc(OCc2ccc3ccccc3n2)c1. The van der Waals surface area contributed by atoms with Gasteiger partial charge in [-0.05, 0) is 195 Å². The minimum absolute atomic E-state index is 0.0109. The van der Waals surface area contributed by atoms with E-state index in [0.717, 1.165) is 147 Å². The first kappa shape index (κ1) is 88.3. The minimum atomic E-state index is -1.02. The number of aromatic nitrogens is 7. The monoisotopic (exact) mass is 1700 g/mol. The molecule has 0 aliphatic rings. The zero-order chi connectivity index (χ0) is 88.6. The summed E-state index contributed by atoms with van der Waals surface area (Å²) >= 11 is 0. The molecule has 21 nitrogen and oxygen atoms in total. The molecule has 0 aliphatic carbocycles. The van der Waals surface area contributed by atoms with Crippen LogP contribution < -0.4 is 42.6 Å². The van der Waals surface area contributed by atoms with Crippen molar-refractivity contribution in [2.24, 2.45) is 0 Å². The summed E-state index contributed by atoms with van der Waals surface area (Å²) in [6.45, 7) is 8.98. The van der Waals surface area contributed by atoms with Crippen LogP contribution in [0.2, 0.25) is 0 Å². The largest absolute Gasteiger partial charge is 0.489 e. The predicted octanol–water partition coefficient (Wildman–Crippen LogP) is 22.4. The third-order valence-corrected chi connectivity index (χ3v) is 20.6. The molecular formula is C107H95N7O14. The highest BCUT2D eigenvalue weighted by Gasteiger charge is 2.19. The fourth-order valence-corrected chi connectivity index (χ4v) is 13.6. The van der Waals surface area contributed by atoms with E-state index in [2.05, 4.69) is 71.5 Å². The lowest BCUT2D eigenvalue weighted by Gasteiger charge is -2.15. The van der Waals surface area contributed by atoms with Crippen LogP contribution in [0.25, 0.3) is 55.8 Å². The zero-order valence-electron chi connectivity index (χ0n) is 71.2. The number of nitrogens with one attached hydrogen (secondary N) is 1. The number of para-hydroxylation sites is 6. The van der Waals surface area contributed by atoms with Crippen molar-refractivity contribution in [3.8, 4) is 51.7 Å². The number of aliphatic carboxylic acids is 2. The van der Waals surface area contributed by atoms with Crippen LogP contribution in [0, 0.1) is 6.92 Å². The van der Waals surface area contributed by atoms with Crippen molar-refractivity contribution in [3.05, 3.63) is 413 Å². The molecule has 5 aromatic heterocycles. The van der Waals surface area contributed by atoms with E-state index in [1.165, 1.54) is 18.8 Å². The van der Waals surface area contributed by atoms with Crippen LogP contribution in [0.4, 0.5) is 0 Å². The van der Waals surface area contributed by atoms with E-state index in [-0.39, 0.29) is 12.4 Å². The lowest BCUT2D eigenvalue weighted by molar-refractivity contribution is -0.139. The number of carbonyl (C=O) groups excluding carboxylic acids is 1. The van der Waals surface area contributed by atoms with E-state index in [1.807, 2.05) is 316 Å². The number of ether oxygens (including phenoxy) is 9. The van der Waals surface area contributed by atoms with Gasteiger partial charge in [-0.3, -0.25) is 14.7 Å². The number of aromatic amines is 1. The first-order valence-corrected chi connectivity index (χ1v) is 41.9. The molecule has 17 aromatic rings. The van der Waals surface area contributed by atoms with E-state index in [9.17, 15) is 19.5 Å². The first-order valence-electron chi connectivity index (χ1n) is 41.9. The number of fused-ring (bicyclic) bond motifs is 4. The van der Waals surface area contributed by atoms with Gasteiger partial charge in [0.15, 0.2) is 24.3 Å². The Bertz CT molecular complexity index is 6590. The molecule has 12 aromatic carbocycles. The average Bonchev–Trinajstić information content (AvgIpc) is 1.03. The van der Waals surface area contributed by atoms with Crippen molar-refractivity contribution in [1.29, 1.82) is 0 Å². The third-order valence-electron chi connectivity index (χ3n) is 20.6. The van der Waals surface area contributed by atoms with Crippen LogP contribution in [0.1, 0.15) is 99.8 Å². The molecule has 0 saturated heterocycles. The van der Waals surface area contributed by atoms with Gasteiger partial charge in [0.25, 0.3) is 0 Å². The molecule has 21 heteroatoms. The number of H-pyrrole nitrogens is 1. The predicted molar refractivity (Wildman–Crippen MR) is 496 cm³/mol. The molecular weight excluding hydrogens is 1610 g/mol. The average molecular weight is 1700 g/mol. The van der Waals surface area contributed by atoms with Crippen LogP contribution in [0.5, 0.6) is 51.7 Å². The van der Waals surface area contributed by atoms with Crippen LogP contribution in [0.15, 0.2) is 340 Å². The Balaban J connectivity index is 0.000000138. The van der Waals surface area contributed by atoms with Crippen molar-refractivity contribution in [2.45, 2.75) is 98.8 Å². The number of hydrogen-bond donors (Lipinski definition) is 3. The molecule has 642 valence electrons. The number of nitrogens with zero attached hydrogens (tertiary/aromatic N) is 6. The van der Waals surface area contributed by atoms with Gasteiger partial charge in [0.2, 0.25) is 0 Å². The highest BCUT2D eigenvalue weighted by atomic mass is 16.5. The Morgan fingerprint density at radius 2 is 0.836 bits per heavy atom. The molecule has 0 saturated carbocycles. The zero-order valence-corrected chi connectivity index (χ0v) is 71.2. The summed E-state index contributed by atoms with van der Waals surface area (Å²) in [6, 6.07) is 108. The van der Waals surface area contributed by atoms with Gasteiger partial charge in [0, 0.05) is 44.8 Å². The molecule has 0 bridgehead atoms. The molecule has 0 aliphatic heterocycles. The van der Waals surface area contributed by atoms with E-state index in [0.29, 0.717) is 68.5 Å². The number of carboxylic acids is 2. The normalized spacial score (nSPS) is 11.3. The van der Waals surface area contributed by atoms with E-state index in [1.54, 1.807) is 13.8 Å². The smallest absolute Gasteiger partial charge is 0.341 e. The fraction of sp³-hybridized carbons (Fsp3) is 0.150. The highest BCUT2D eigenvalue weighted by Crippen LogP contribution is 2.31. The summed E-state index contributed by atoms with van der Waals surface area (Å²) in [7, 11) is 0. The lowest BCUT2D eigenvalue weighted by Crippen LogP contribution is -2.21. The lowest BCUT2D eigenvalue weighted by atomic mass is 9.92. The Labute approximate surface area is 741 Å². The van der Waals surface area contributed by atoms with Gasteiger partial charge in [0.1, 0.15) is 104 Å². The molecule has 0 fully saturated rings. The first-order chi connectivity index (χ1) is 62.6. The third kappa shape index (κ3) is 26.3. The van der Waals surface area contributed by atoms with E-state index in [4.69, 9.17) is 47.7 Å². The maximum atomic E-state index is 11.5. The van der Waals surface area contributed by atoms with Crippen molar-refractivity contribution >= 4 is 73.5 Å². The number of pyridine rings is 4. The number of carbonyl (C=O) groups is 3. The van der Waals surface area contributed by atoms with E-state index >= 15 is 0 Å².